The van der Waals surface area contributed by atoms with Gasteiger partial charge < -0.3 is 10.1 Å². The third kappa shape index (κ3) is 4.92. The molecule has 1 saturated carbocycles. The summed E-state index contributed by atoms with van der Waals surface area (Å²) < 4.78 is 5.79. The summed E-state index contributed by atoms with van der Waals surface area (Å²) in [4.78, 5) is 49.6. The van der Waals surface area contributed by atoms with E-state index in [1.54, 1.807) is 0 Å². The van der Waals surface area contributed by atoms with Crippen molar-refractivity contribution in [1.82, 2.24) is 20.1 Å². The van der Waals surface area contributed by atoms with Crippen LogP contribution in [0.1, 0.15) is 36.0 Å². The average Bonchev–Trinajstić information content (AvgIpc) is 2.72. The Labute approximate surface area is 171 Å². The molecule has 2 atom stereocenters. The van der Waals surface area contributed by atoms with Gasteiger partial charge in [0.1, 0.15) is 6.20 Å². The monoisotopic (exact) mass is 420 g/mol. The molecule has 0 bridgehead atoms. The number of esters is 1. The van der Waals surface area contributed by atoms with E-state index in [1.807, 2.05) is 0 Å². The highest BCUT2D eigenvalue weighted by molar-refractivity contribution is 6.33. The van der Waals surface area contributed by atoms with Crippen molar-refractivity contribution in [1.29, 1.82) is 0 Å². The fraction of sp³-hybridized carbons (Fsp3) is 0.421. The quantitative estimate of drug-likeness (QED) is 0.702. The van der Waals surface area contributed by atoms with E-state index >= 15 is 0 Å². The van der Waals surface area contributed by atoms with Crippen molar-refractivity contribution >= 4 is 23.5 Å². The maximum absolute atomic E-state index is 12.6. The predicted octanol–water partition coefficient (Wildman–Crippen LogP) is 1.28. The third-order valence-corrected chi connectivity index (χ3v) is 5.35. The lowest BCUT2D eigenvalue weighted by atomic mass is 9.81. The molecule has 2 unspecified atom stereocenters. The van der Waals surface area contributed by atoms with E-state index in [0.717, 1.165) is 30.1 Å². The number of benzene rings is 1. The molecule has 1 aromatic carbocycles. The van der Waals surface area contributed by atoms with Gasteiger partial charge >= 0.3 is 11.7 Å². The Morgan fingerprint density at radius 3 is 2.86 bits per heavy atom. The fourth-order valence-corrected chi connectivity index (χ4v) is 3.75. The van der Waals surface area contributed by atoms with E-state index in [4.69, 9.17) is 16.3 Å². The highest BCUT2D eigenvalue weighted by Crippen LogP contribution is 2.29. The Hall–Kier alpha value is -2.94. The van der Waals surface area contributed by atoms with Crippen LogP contribution in [0.2, 0.25) is 5.02 Å². The number of methoxy groups -OCH3 is 1. The van der Waals surface area contributed by atoms with Gasteiger partial charge in [0.15, 0.2) is 0 Å². The van der Waals surface area contributed by atoms with E-state index in [0.29, 0.717) is 18.7 Å². The zero-order valence-electron chi connectivity index (χ0n) is 15.8. The first kappa shape index (κ1) is 20.8. The minimum absolute atomic E-state index is 0.138. The van der Waals surface area contributed by atoms with Crippen molar-refractivity contribution in [2.45, 2.75) is 25.7 Å². The molecule has 1 aromatic heterocycles. The molecule has 1 fully saturated rings. The number of nitrogens with zero attached hydrogens (tertiary/aromatic N) is 2. The molecule has 0 saturated heterocycles. The number of aromatic amines is 1. The molecular formula is C19H21ClN4O5. The van der Waals surface area contributed by atoms with Gasteiger partial charge in [-0.15, -0.1) is 0 Å². The molecular weight excluding hydrogens is 400 g/mol. The standard InChI is InChI=1S/C19H21ClN4O5/c1-29-18(27)12-4-2-3-11(7-12)9-21-17(26)14-8-13(5-6-15(14)20)24-19(28)23-16(25)10-22-24/h5-6,8,10-12H,2-4,7,9H2,1H3,(H,21,26)(H,23,25,28). The Morgan fingerprint density at radius 2 is 2.14 bits per heavy atom. The van der Waals surface area contributed by atoms with Crippen molar-refractivity contribution in [3.05, 3.63) is 55.8 Å². The molecule has 154 valence electrons. The van der Waals surface area contributed by atoms with E-state index in [1.165, 1.54) is 25.3 Å². The lowest BCUT2D eigenvalue weighted by Gasteiger charge is -2.27. The zero-order valence-corrected chi connectivity index (χ0v) is 16.6. The van der Waals surface area contributed by atoms with Crippen molar-refractivity contribution in [3.8, 4) is 5.69 Å². The molecule has 0 spiro atoms. The molecule has 1 amide bonds. The molecule has 0 aliphatic heterocycles. The minimum atomic E-state index is -0.720. The molecule has 10 heteroatoms. The highest BCUT2D eigenvalue weighted by Gasteiger charge is 2.28. The second-order valence-corrected chi connectivity index (χ2v) is 7.38. The topological polar surface area (TPSA) is 123 Å². The summed E-state index contributed by atoms with van der Waals surface area (Å²) in [6, 6.07) is 4.44. The van der Waals surface area contributed by atoms with E-state index in [-0.39, 0.29) is 28.4 Å². The van der Waals surface area contributed by atoms with Crippen LogP contribution < -0.4 is 16.6 Å². The largest absolute Gasteiger partial charge is 0.469 e. The summed E-state index contributed by atoms with van der Waals surface area (Å²) in [5.74, 6) is -0.576. The molecule has 0 radical (unpaired) electrons. The van der Waals surface area contributed by atoms with E-state index in [9.17, 15) is 19.2 Å². The van der Waals surface area contributed by atoms with Gasteiger partial charge in [-0.05, 0) is 43.4 Å². The van der Waals surface area contributed by atoms with Crippen LogP contribution in [0, 0.1) is 11.8 Å². The van der Waals surface area contributed by atoms with Crippen LogP contribution in [0.5, 0.6) is 0 Å². The lowest BCUT2D eigenvalue weighted by molar-refractivity contribution is -0.147. The van der Waals surface area contributed by atoms with Crippen LogP contribution in [0.25, 0.3) is 5.69 Å². The SMILES string of the molecule is COC(=O)C1CCCC(CNC(=O)c2cc(-n3ncc(=O)[nH]c3=O)ccc2Cl)C1. The van der Waals surface area contributed by atoms with E-state index < -0.39 is 17.2 Å². The summed E-state index contributed by atoms with van der Waals surface area (Å²) in [5, 5.41) is 6.84. The minimum Gasteiger partial charge on any atom is -0.469 e. The van der Waals surface area contributed by atoms with Crippen LogP contribution in [0.3, 0.4) is 0 Å². The average molecular weight is 421 g/mol. The first-order valence-corrected chi connectivity index (χ1v) is 9.61. The smallest absolute Gasteiger partial charge is 0.349 e. The van der Waals surface area contributed by atoms with Gasteiger partial charge in [0.05, 0.1) is 29.3 Å². The highest BCUT2D eigenvalue weighted by atomic mass is 35.5. The number of rotatable bonds is 5. The fourth-order valence-electron chi connectivity index (χ4n) is 3.55. The molecule has 29 heavy (non-hydrogen) atoms. The second kappa shape index (κ2) is 9.04. The van der Waals surface area contributed by atoms with Crippen LogP contribution in [-0.4, -0.2) is 40.3 Å². The van der Waals surface area contributed by atoms with Crippen LogP contribution >= 0.6 is 11.6 Å². The first-order valence-electron chi connectivity index (χ1n) is 9.23. The number of carbonyl (C=O) groups is 2. The summed E-state index contributed by atoms with van der Waals surface area (Å²) in [5.41, 5.74) is -0.855. The van der Waals surface area contributed by atoms with Gasteiger partial charge in [0.25, 0.3) is 11.5 Å². The molecule has 3 rings (SSSR count). The first-order chi connectivity index (χ1) is 13.9. The van der Waals surface area contributed by atoms with Crippen molar-refractivity contribution in [2.24, 2.45) is 11.8 Å². The molecule has 2 aromatic rings. The number of aromatic nitrogens is 3. The number of amides is 1. The summed E-state index contributed by atoms with van der Waals surface area (Å²) in [7, 11) is 1.38. The van der Waals surface area contributed by atoms with Gasteiger partial charge in [0, 0.05) is 6.54 Å². The zero-order chi connectivity index (χ0) is 21.0. The molecule has 9 nitrogen and oxygen atoms in total. The molecule has 1 aliphatic carbocycles. The summed E-state index contributed by atoms with van der Waals surface area (Å²) in [6.45, 7) is 0.406. The number of H-pyrrole nitrogens is 1. The molecule has 1 aliphatic rings. The summed E-state index contributed by atoms with van der Waals surface area (Å²) >= 11 is 6.16. The number of hydrogen-bond donors (Lipinski definition) is 2. The number of ether oxygens (including phenoxy) is 1. The Morgan fingerprint density at radius 1 is 1.34 bits per heavy atom. The van der Waals surface area contributed by atoms with Gasteiger partial charge in [0.2, 0.25) is 0 Å². The predicted molar refractivity (Wildman–Crippen MR) is 105 cm³/mol. The third-order valence-electron chi connectivity index (χ3n) is 5.02. The maximum atomic E-state index is 12.6. The van der Waals surface area contributed by atoms with Crippen LogP contribution in [-0.2, 0) is 9.53 Å². The van der Waals surface area contributed by atoms with Crippen LogP contribution in [0.15, 0.2) is 34.0 Å². The Kier molecular flexibility index (Phi) is 6.48. The normalized spacial score (nSPS) is 18.8. The number of carbonyl (C=O) groups excluding carboxylic acids is 2. The number of nitrogens with one attached hydrogen (secondary N) is 2. The Balaban J connectivity index is 1.71. The van der Waals surface area contributed by atoms with Crippen molar-refractivity contribution < 1.29 is 14.3 Å². The van der Waals surface area contributed by atoms with Crippen LogP contribution in [0.4, 0.5) is 0 Å². The summed E-state index contributed by atoms with van der Waals surface area (Å²) in [6.07, 6.45) is 4.25. The lowest BCUT2D eigenvalue weighted by Crippen LogP contribution is -2.34. The Bertz CT molecular complexity index is 1030. The van der Waals surface area contributed by atoms with E-state index in [2.05, 4.69) is 15.4 Å². The van der Waals surface area contributed by atoms with Gasteiger partial charge in [-0.3, -0.25) is 19.4 Å². The van der Waals surface area contributed by atoms with Gasteiger partial charge in [-0.1, -0.05) is 18.0 Å². The maximum Gasteiger partial charge on any atom is 0.349 e. The van der Waals surface area contributed by atoms with Gasteiger partial charge in [-0.2, -0.15) is 9.78 Å². The molecule has 2 N–H and O–H groups in total. The second-order valence-electron chi connectivity index (χ2n) is 6.98. The van der Waals surface area contributed by atoms with Crippen molar-refractivity contribution in [2.75, 3.05) is 13.7 Å². The van der Waals surface area contributed by atoms with Crippen molar-refractivity contribution in [3.63, 3.8) is 0 Å². The number of hydrogen-bond acceptors (Lipinski definition) is 6. The number of halogens is 1. The van der Waals surface area contributed by atoms with Gasteiger partial charge in [-0.25, -0.2) is 4.79 Å². The molecule has 1 heterocycles.